The standard InChI is InChI=1S/C15H14Cl2N2O2/c16-11-3-1-2-10(8-11)12-13(17)18-15(21)19(14(12)20)7-6-9-4-5-9/h1-3,8-9H,4-7H2,(H,18,21). The van der Waals surface area contributed by atoms with Crippen molar-refractivity contribution in [3.05, 3.63) is 55.3 Å². The lowest BCUT2D eigenvalue weighted by molar-refractivity contribution is 0.558. The van der Waals surface area contributed by atoms with Gasteiger partial charge in [0.05, 0.1) is 5.56 Å². The number of benzene rings is 1. The molecule has 1 aromatic carbocycles. The molecule has 0 aliphatic heterocycles. The second-order valence-electron chi connectivity index (χ2n) is 5.32. The van der Waals surface area contributed by atoms with E-state index in [2.05, 4.69) is 4.98 Å². The van der Waals surface area contributed by atoms with E-state index in [1.54, 1.807) is 24.3 Å². The second-order valence-corrected chi connectivity index (χ2v) is 6.13. The van der Waals surface area contributed by atoms with Crippen LogP contribution in [-0.4, -0.2) is 9.55 Å². The first kappa shape index (κ1) is 14.4. The lowest BCUT2D eigenvalue weighted by Crippen LogP contribution is -2.36. The van der Waals surface area contributed by atoms with Crippen molar-refractivity contribution >= 4 is 23.2 Å². The van der Waals surface area contributed by atoms with Gasteiger partial charge in [-0.15, -0.1) is 0 Å². The minimum Gasteiger partial charge on any atom is -0.297 e. The zero-order chi connectivity index (χ0) is 15.0. The molecule has 0 spiro atoms. The molecule has 0 atom stereocenters. The predicted molar refractivity (Wildman–Crippen MR) is 84.1 cm³/mol. The number of aromatic amines is 1. The first-order chi connectivity index (χ1) is 10.1. The molecule has 3 rings (SSSR count). The summed E-state index contributed by atoms with van der Waals surface area (Å²) < 4.78 is 1.22. The van der Waals surface area contributed by atoms with Crippen molar-refractivity contribution in [2.24, 2.45) is 5.92 Å². The number of nitrogens with one attached hydrogen (secondary N) is 1. The van der Waals surface area contributed by atoms with Crippen molar-refractivity contribution in [1.29, 1.82) is 0 Å². The molecule has 0 saturated heterocycles. The van der Waals surface area contributed by atoms with E-state index in [1.165, 1.54) is 17.4 Å². The Labute approximate surface area is 131 Å². The van der Waals surface area contributed by atoms with Crippen molar-refractivity contribution in [1.82, 2.24) is 9.55 Å². The molecule has 4 nitrogen and oxygen atoms in total. The van der Waals surface area contributed by atoms with E-state index in [1.807, 2.05) is 0 Å². The third kappa shape index (κ3) is 3.06. The van der Waals surface area contributed by atoms with E-state index < -0.39 is 5.69 Å². The largest absolute Gasteiger partial charge is 0.329 e. The van der Waals surface area contributed by atoms with E-state index in [4.69, 9.17) is 23.2 Å². The van der Waals surface area contributed by atoms with Crippen molar-refractivity contribution in [3.8, 4) is 11.1 Å². The number of aromatic nitrogens is 2. The molecule has 110 valence electrons. The molecule has 1 saturated carbocycles. The lowest BCUT2D eigenvalue weighted by Gasteiger charge is -2.09. The van der Waals surface area contributed by atoms with Gasteiger partial charge in [0.25, 0.3) is 5.56 Å². The van der Waals surface area contributed by atoms with Crippen LogP contribution >= 0.6 is 23.2 Å². The van der Waals surface area contributed by atoms with Crippen LogP contribution in [-0.2, 0) is 6.54 Å². The number of hydrogen-bond acceptors (Lipinski definition) is 2. The Hall–Kier alpha value is -1.52. The van der Waals surface area contributed by atoms with E-state index in [-0.39, 0.29) is 16.3 Å². The van der Waals surface area contributed by atoms with Gasteiger partial charge in [0.15, 0.2) is 0 Å². The van der Waals surface area contributed by atoms with E-state index in [0.29, 0.717) is 23.0 Å². The maximum atomic E-state index is 12.6. The summed E-state index contributed by atoms with van der Waals surface area (Å²) in [4.78, 5) is 27.1. The number of H-pyrrole nitrogens is 1. The first-order valence-corrected chi connectivity index (χ1v) is 7.60. The van der Waals surface area contributed by atoms with Crippen LogP contribution in [0.5, 0.6) is 0 Å². The average molecular weight is 325 g/mol. The second kappa shape index (κ2) is 5.70. The van der Waals surface area contributed by atoms with Crippen LogP contribution in [0, 0.1) is 5.92 Å². The normalized spacial score (nSPS) is 14.4. The predicted octanol–water partition coefficient (Wildman–Crippen LogP) is 3.31. The van der Waals surface area contributed by atoms with Gasteiger partial charge in [0, 0.05) is 11.6 Å². The van der Waals surface area contributed by atoms with E-state index >= 15 is 0 Å². The molecule has 1 aromatic heterocycles. The zero-order valence-electron chi connectivity index (χ0n) is 11.2. The molecule has 2 aromatic rings. The average Bonchev–Trinajstić information content (AvgIpc) is 3.22. The Kier molecular flexibility index (Phi) is 3.91. The molecule has 1 fully saturated rings. The van der Waals surface area contributed by atoms with Crippen LogP contribution in [0.15, 0.2) is 33.9 Å². The van der Waals surface area contributed by atoms with Gasteiger partial charge in [-0.2, -0.15) is 0 Å². The highest BCUT2D eigenvalue weighted by molar-refractivity contribution is 6.32. The highest BCUT2D eigenvalue weighted by Crippen LogP contribution is 2.32. The fourth-order valence-electron chi connectivity index (χ4n) is 2.36. The molecule has 0 amide bonds. The minimum atomic E-state index is -0.462. The molecule has 1 aliphatic rings. The van der Waals surface area contributed by atoms with Gasteiger partial charge < -0.3 is 0 Å². The number of nitrogens with zero attached hydrogens (tertiary/aromatic N) is 1. The Morgan fingerprint density at radius 1 is 1.24 bits per heavy atom. The van der Waals surface area contributed by atoms with Gasteiger partial charge in [-0.25, -0.2) is 4.79 Å². The molecule has 1 aliphatic carbocycles. The van der Waals surface area contributed by atoms with E-state index in [0.717, 1.165) is 6.42 Å². The van der Waals surface area contributed by atoms with E-state index in [9.17, 15) is 9.59 Å². The number of hydrogen-bond donors (Lipinski definition) is 1. The van der Waals surface area contributed by atoms with Crippen LogP contribution in [0.4, 0.5) is 0 Å². The highest BCUT2D eigenvalue weighted by atomic mass is 35.5. The van der Waals surface area contributed by atoms with Gasteiger partial charge in [-0.1, -0.05) is 48.2 Å². The summed E-state index contributed by atoms with van der Waals surface area (Å²) >= 11 is 12.0. The number of rotatable bonds is 4. The van der Waals surface area contributed by atoms with Crippen LogP contribution in [0.25, 0.3) is 11.1 Å². The SMILES string of the molecule is O=c1[nH]c(Cl)c(-c2cccc(Cl)c2)c(=O)n1CCC1CC1. The Morgan fingerprint density at radius 3 is 2.67 bits per heavy atom. The van der Waals surface area contributed by atoms with Crippen LogP contribution in [0.3, 0.4) is 0 Å². The molecule has 21 heavy (non-hydrogen) atoms. The molecule has 0 bridgehead atoms. The highest BCUT2D eigenvalue weighted by Gasteiger charge is 2.22. The van der Waals surface area contributed by atoms with Crippen molar-refractivity contribution in [2.75, 3.05) is 0 Å². The van der Waals surface area contributed by atoms with Gasteiger partial charge in [0.1, 0.15) is 5.15 Å². The monoisotopic (exact) mass is 324 g/mol. The third-order valence-corrected chi connectivity index (χ3v) is 4.23. The van der Waals surface area contributed by atoms with Crippen molar-refractivity contribution in [2.45, 2.75) is 25.8 Å². The first-order valence-electron chi connectivity index (χ1n) is 6.85. The van der Waals surface area contributed by atoms with Gasteiger partial charge in [-0.05, 0) is 30.0 Å². The van der Waals surface area contributed by atoms with Gasteiger partial charge >= 0.3 is 5.69 Å². The summed E-state index contributed by atoms with van der Waals surface area (Å²) in [5.74, 6) is 0.640. The summed E-state index contributed by atoms with van der Waals surface area (Å²) in [6.45, 7) is 0.420. The fraction of sp³-hybridized carbons (Fsp3) is 0.333. The van der Waals surface area contributed by atoms with Crippen LogP contribution < -0.4 is 11.2 Å². The summed E-state index contributed by atoms with van der Waals surface area (Å²) in [7, 11) is 0. The summed E-state index contributed by atoms with van der Waals surface area (Å²) in [5.41, 5.74) is 0.0616. The smallest absolute Gasteiger partial charge is 0.297 e. The molecule has 0 unspecified atom stereocenters. The van der Waals surface area contributed by atoms with Gasteiger partial charge in [-0.3, -0.25) is 14.3 Å². The molecular formula is C15H14Cl2N2O2. The zero-order valence-corrected chi connectivity index (χ0v) is 12.7. The maximum Gasteiger partial charge on any atom is 0.329 e. The van der Waals surface area contributed by atoms with Gasteiger partial charge in [0.2, 0.25) is 0 Å². The minimum absolute atomic E-state index is 0.0509. The van der Waals surface area contributed by atoms with Crippen molar-refractivity contribution < 1.29 is 0 Å². The Bertz CT molecular complexity index is 791. The molecule has 1 N–H and O–H groups in total. The lowest BCUT2D eigenvalue weighted by atomic mass is 10.1. The fourth-order valence-corrected chi connectivity index (χ4v) is 2.82. The maximum absolute atomic E-state index is 12.6. The summed E-state index contributed by atoms with van der Waals surface area (Å²) in [6, 6.07) is 6.87. The molecule has 6 heteroatoms. The quantitative estimate of drug-likeness (QED) is 0.877. The third-order valence-electron chi connectivity index (χ3n) is 3.71. The topological polar surface area (TPSA) is 54.9 Å². The van der Waals surface area contributed by atoms with Crippen LogP contribution in [0.2, 0.25) is 10.2 Å². The summed E-state index contributed by atoms with van der Waals surface area (Å²) in [6.07, 6.45) is 3.21. The molecule has 0 radical (unpaired) electrons. The number of halogens is 2. The van der Waals surface area contributed by atoms with Crippen molar-refractivity contribution in [3.63, 3.8) is 0 Å². The Balaban J connectivity index is 2.09. The van der Waals surface area contributed by atoms with Crippen LogP contribution in [0.1, 0.15) is 19.3 Å². The molecular weight excluding hydrogens is 311 g/mol. The Morgan fingerprint density at radius 2 is 2.00 bits per heavy atom. The summed E-state index contributed by atoms with van der Waals surface area (Å²) in [5, 5.41) is 0.564. The molecule has 1 heterocycles.